The van der Waals surface area contributed by atoms with Gasteiger partial charge in [-0.15, -0.1) is 5.10 Å². The van der Waals surface area contributed by atoms with Crippen molar-refractivity contribution in [1.29, 1.82) is 0 Å². The number of nitrogens with one attached hydrogen (secondary N) is 3. The highest BCUT2D eigenvalue weighted by Crippen LogP contribution is 2.53. The molecule has 2 aliphatic heterocycles. The molecule has 1 fully saturated rings. The summed E-state index contributed by atoms with van der Waals surface area (Å²) in [5.74, 6) is 0.00964. The van der Waals surface area contributed by atoms with Gasteiger partial charge in [0.15, 0.2) is 0 Å². The van der Waals surface area contributed by atoms with E-state index in [2.05, 4.69) is 42.9 Å². The third-order valence-electron chi connectivity index (χ3n) is 7.80. The van der Waals surface area contributed by atoms with E-state index in [1.165, 1.54) is 22.5 Å². The fourth-order valence-electron chi connectivity index (χ4n) is 5.94. The minimum absolute atomic E-state index is 0.0298. The highest BCUT2D eigenvalue weighted by molar-refractivity contribution is 5.62. The number of aromatic nitrogens is 7. The molecule has 4 atom stereocenters. The van der Waals surface area contributed by atoms with Crippen LogP contribution in [0.25, 0.3) is 11.4 Å². The summed E-state index contributed by atoms with van der Waals surface area (Å²) in [5, 5.41) is 16.6. The number of anilines is 1. The lowest BCUT2D eigenvalue weighted by Crippen LogP contribution is -2.61. The van der Waals surface area contributed by atoms with E-state index in [1.807, 2.05) is 29.9 Å². The zero-order valence-corrected chi connectivity index (χ0v) is 21.3. The summed E-state index contributed by atoms with van der Waals surface area (Å²) in [6, 6.07) is 10.7. The molecule has 198 valence electrons. The Morgan fingerprint density at radius 3 is 2.77 bits per heavy atom. The first kappa shape index (κ1) is 23.5. The van der Waals surface area contributed by atoms with Crippen molar-refractivity contribution in [2.75, 3.05) is 5.32 Å². The number of hydrogen-bond acceptors (Lipinski definition) is 8. The topological polar surface area (TPSA) is 131 Å². The molecule has 0 radical (unpaired) electrons. The van der Waals surface area contributed by atoms with Crippen LogP contribution in [0.4, 0.5) is 10.1 Å². The molecule has 4 aromatic heterocycles. The molecular formula is C27H26FN9O2. The summed E-state index contributed by atoms with van der Waals surface area (Å²) in [5.41, 5.74) is 3.22. The van der Waals surface area contributed by atoms with Gasteiger partial charge in [0.1, 0.15) is 17.2 Å². The molecular weight excluding hydrogens is 501 g/mol. The van der Waals surface area contributed by atoms with Crippen LogP contribution < -0.4 is 16.4 Å². The lowest BCUT2D eigenvalue weighted by Gasteiger charge is -2.46. The highest BCUT2D eigenvalue weighted by atomic mass is 19.1. The lowest BCUT2D eigenvalue weighted by atomic mass is 9.70. The number of H-pyrrole nitrogens is 1. The maximum atomic E-state index is 13.5. The van der Waals surface area contributed by atoms with Crippen molar-refractivity contribution in [3.8, 4) is 11.4 Å². The van der Waals surface area contributed by atoms with Gasteiger partial charge in [0.05, 0.1) is 42.1 Å². The Morgan fingerprint density at radius 2 is 2.03 bits per heavy atom. The molecule has 0 bridgehead atoms. The summed E-state index contributed by atoms with van der Waals surface area (Å²) in [7, 11) is 1.57. The number of nitrogens with zero attached hydrogens (tertiary/aromatic N) is 6. The first-order chi connectivity index (χ1) is 19.0. The third-order valence-corrected chi connectivity index (χ3v) is 7.80. The third kappa shape index (κ3) is 3.62. The van der Waals surface area contributed by atoms with Crippen LogP contribution in [0.2, 0.25) is 0 Å². The number of piperidine rings is 1. The molecule has 6 heterocycles. The van der Waals surface area contributed by atoms with Gasteiger partial charge >= 0.3 is 5.76 Å². The van der Waals surface area contributed by atoms with Gasteiger partial charge in [-0.1, -0.05) is 18.2 Å². The van der Waals surface area contributed by atoms with Crippen molar-refractivity contribution < 1.29 is 8.81 Å². The number of hydrogen-bond donors (Lipinski definition) is 3. The van der Waals surface area contributed by atoms with Crippen LogP contribution in [0, 0.1) is 5.82 Å². The molecule has 11 nitrogen and oxygen atoms in total. The van der Waals surface area contributed by atoms with E-state index in [0.717, 1.165) is 11.3 Å². The van der Waals surface area contributed by atoms with Crippen molar-refractivity contribution in [1.82, 2.24) is 39.8 Å². The van der Waals surface area contributed by atoms with Crippen LogP contribution in [0.15, 0.2) is 70.4 Å². The normalized spacial score (nSPS) is 23.8. The second-order valence-corrected chi connectivity index (χ2v) is 9.98. The Morgan fingerprint density at radius 1 is 1.15 bits per heavy atom. The van der Waals surface area contributed by atoms with E-state index in [1.54, 1.807) is 25.5 Å². The molecule has 2 aliphatic rings. The summed E-state index contributed by atoms with van der Waals surface area (Å²) in [6.07, 6.45) is 7.34. The summed E-state index contributed by atoms with van der Waals surface area (Å²) in [4.78, 5) is 24.8. The van der Waals surface area contributed by atoms with Gasteiger partial charge in [-0.2, -0.15) is 9.78 Å². The lowest BCUT2D eigenvalue weighted by molar-refractivity contribution is 0.167. The van der Waals surface area contributed by atoms with E-state index < -0.39 is 17.1 Å². The molecule has 39 heavy (non-hydrogen) atoms. The molecule has 1 saturated heterocycles. The molecule has 3 unspecified atom stereocenters. The zero-order valence-electron chi connectivity index (χ0n) is 21.3. The maximum absolute atomic E-state index is 13.5. The molecule has 12 heteroatoms. The van der Waals surface area contributed by atoms with E-state index in [9.17, 15) is 9.18 Å². The first-order valence-electron chi connectivity index (χ1n) is 12.8. The van der Waals surface area contributed by atoms with Gasteiger partial charge in [0.25, 0.3) is 0 Å². The van der Waals surface area contributed by atoms with Crippen molar-refractivity contribution in [2.24, 2.45) is 7.05 Å². The summed E-state index contributed by atoms with van der Waals surface area (Å²) < 4.78 is 22.3. The molecule has 7 rings (SSSR count). The van der Waals surface area contributed by atoms with Crippen LogP contribution in [0.3, 0.4) is 0 Å². The fraction of sp³-hybridized carbons (Fsp3) is 0.296. The minimum Gasteiger partial charge on any atom is -0.390 e. The highest BCUT2D eigenvalue weighted by Gasteiger charge is 2.58. The molecule has 0 amide bonds. The van der Waals surface area contributed by atoms with Crippen LogP contribution in [-0.2, 0) is 19.1 Å². The molecule has 1 aromatic carbocycles. The number of aromatic amines is 1. The number of para-hydroxylation sites is 1. The number of benzene rings is 1. The SMILES string of the molecule is CCn1cc(C2(c3nn(C)c(=O)o3)N[C@@H](c3ncc(-c4ccc(F)cn4)[nH]3)CC3c4ccccc4NC32)cn1. The van der Waals surface area contributed by atoms with Crippen LogP contribution in [0.5, 0.6) is 0 Å². The molecule has 0 aliphatic carbocycles. The van der Waals surface area contributed by atoms with Gasteiger partial charge < -0.3 is 14.7 Å². The van der Waals surface area contributed by atoms with Crippen molar-refractivity contribution >= 4 is 5.69 Å². The van der Waals surface area contributed by atoms with Gasteiger partial charge in [0.2, 0.25) is 5.89 Å². The first-order valence-corrected chi connectivity index (χ1v) is 12.8. The molecule has 0 saturated carbocycles. The average molecular weight is 528 g/mol. The van der Waals surface area contributed by atoms with Crippen LogP contribution >= 0.6 is 0 Å². The average Bonchev–Trinajstić information content (AvgIpc) is 3.75. The number of fused-ring (bicyclic) bond motifs is 3. The summed E-state index contributed by atoms with van der Waals surface area (Å²) in [6.45, 7) is 2.70. The number of pyridine rings is 1. The van der Waals surface area contributed by atoms with Crippen molar-refractivity contribution in [3.05, 3.63) is 100 Å². The van der Waals surface area contributed by atoms with Gasteiger partial charge in [-0.3, -0.25) is 15.0 Å². The Hall–Kier alpha value is -4.58. The van der Waals surface area contributed by atoms with Crippen molar-refractivity contribution in [2.45, 2.75) is 43.4 Å². The van der Waals surface area contributed by atoms with Gasteiger partial charge in [-0.25, -0.2) is 14.2 Å². The standard InChI is InChI=1S/C27H26FN9O2/c1-3-37-14-15(11-31-37)27(25-35-36(2)26(38)39-25)23-18(17-6-4-5-7-19(17)32-23)10-21(34-27)24-30-13-22(33-24)20-9-8-16(28)12-29-20/h4-9,11-14,18,21,23,32,34H,3,10H2,1-2H3,(H,30,33)/t18?,21-,23?,27?/m1/s1. The fourth-order valence-corrected chi connectivity index (χ4v) is 5.94. The number of aryl methyl sites for hydroxylation is 2. The molecule has 3 N–H and O–H groups in total. The maximum Gasteiger partial charge on any atom is 0.436 e. The second kappa shape index (κ2) is 8.73. The zero-order chi connectivity index (χ0) is 26.7. The quantitative estimate of drug-likeness (QED) is 0.318. The van der Waals surface area contributed by atoms with Gasteiger partial charge in [-0.05, 0) is 37.1 Å². The largest absolute Gasteiger partial charge is 0.436 e. The Balaban J connectivity index is 1.40. The van der Waals surface area contributed by atoms with Gasteiger partial charge in [0, 0.05) is 37.0 Å². The monoisotopic (exact) mass is 527 g/mol. The van der Waals surface area contributed by atoms with E-state index in [-0.39, 0.29) is 23.9 Å². The number of imidazole rings is 1. The number of halogens is 1. The van der Waals surface area contributed by atoms with E-state index >= 15 is 0 Å². The predicted octanol–water partition coefficient (Wildman–Crippen LogP) is 3.07. The second-order valence-electron chi connectivity index (χ2n) is 9.98. The Bertz CT molecular complexity index is 1720. The van der Waals surface area contributed by atoms with Crippen LogP contribution in [0.1, 0.15) is 48.1 Å². The van der Waals surface area contributed by atoms with E-state index in [0.29, 0.717) is 30.2 Å². The predicted molar refractivity (Wildman–Crippen MR) is 139 cm³/mol. The minimum atomic E-state index is -1.05. The Kier molecular flexibility index (Phi) is 5.27. The van der Waals surface area contributed by atoms with E-state index in [4.69, 9.17) is 9.40 Å². The van der Waals surface area contributed by atoms with Crippen molar-refractivity contribution in [3.63, 3.8) is 0 Å². The summed E-state index contributed by atoms with van der Waals surface area (Å²) >= 11 is 0. The number of rotatable bonds is 5. The Labute approximate surface area is 222 Å². The molecule has 5 aromatic rings. The molecule has 0 spiro atoms. The van der Waals surface area contributed by atoms with Crippen LogP contribution in [-0.4, -0.2) is 40.6 Å². The smallest absolute Gasteiger partial charge is 0.390 e.